The molecule has 0 aliphatic carbocycles. The lowest BCUT2D eigenvalue weighted by atomic mass is 9.99. The second-order valence-corrected chi connectivity index (χ2v) is 12.4. The fraction of sp³-hybridized carbons (Fsp3) is 0.270. The highest BCUT2D eigenvalue weighted by molar-refractivity contribution is 7.17. The van der Waals surface area contributed by atoms with Gasteiger partial charge < -0.3 is 45.2 Å². The number of anilines is 1. The van der Waals surface area contributed by atoms with Crippen LogP contribution < -0.4 is 9.64 Å². The number of likely N-dealkylation sites (N-methyl/N-ethyl adjacent to an activating group) is 1. The second-order valence-electron chi connectivity index (χ2n) is 11.5. The highest BCUT2D eigenvalue weighted by atomic mass is 32.1. The summed E-state index contributed by atoms with van der Waals surface area (Å²) in [7, 11) is 1.86. The van der Waals surface area contributed by atoms with Crippen molar-refractivity contribution >= 4 is 68.8 Å². The first-order valence-electron chi connectivity index (χ1n) is 16.4. The number of ether oxygens (including phenoxy) is 1. The van der Waals surface area contributed by atoms with E-state index in [0.29, 0.717) is 43.1 Å². The monoisotopic (exact) mass is 783 g/mol. The predicted molar refractivity (Wildman–Crippen MR) is 201 cm³/mol. The van der Waals surface area contributed by atoms with E-state index in [1.54, 1.807) is 4.90 Å². The maximum absolute atomic E-state index is 12.4. The Morgan fingerprint density at radius 3 is 1.75 bits per heavy atom. The predicted octanol–water partition coefficient (Wildman–Crippen LogP) is 3.26. The Balaban J connectivity index is 0.000000356. The Bertz CT molecular complexity index is 1780. The maximum Gasteiger partial charge on any atom is 0.328 e. The Labute approximate surface area is 318 Å². The summed E-state index contributed by atoms with van der Waals surface area (Å²) in [6, 6.07) is 14.8. The van der Waals surface area contributed by atoms with E-state index in [-0.39, 0.29) is 5.91 Å². The normalized spacial score (nSPS) is 13.9. The van der Waals surface area contributed by atoms with Gasteiger partial charge in [-0.05, 0) is 54.1 Å². The maximum atomic E-state index is 12.4. The molecule has 0 bridgehead atoms. The summed E-state index contributed by atoms with van der Waals surface area (Å²) in [4.78, 5) is 76.5. The molecule has 1 amide bonds. The molecule has 55 heavy (non-hydrogen) atoms. The van der Waals surface area contributed by atoms with Crippen molar-refractivity contribution in [2.45, 2.75) is 12.8 Å². The number of piperazine rings is 1. The van der Waals surface area contributed by atoms with E-state index in [0.717, 1.165) is 69.0 Å². The minimum Gasteiger partial charge on any atom is -0.494 e. The van der Waals surface area contributed by atoms with Crippen LogP contribution in [0.2, 0.25) is 0 Å². The topological polar surface area (TPSA) is 260 Å². The number of fused-ring (bicyclic) bond motifs is 2. The number of carboxylic acids is 6. The molecule has 17 nitrogen and oxygen atoms in total. The molecular weight excluding hydrogens is 742 g/mol. The van der Waals surface area contributed by atoms with Gasteiger partial charge in [0, 0.05) is 104 Å². The number of carbonyl (C=O) groups is 7. The molecule has 2 aliphatic heterocycles. The zero-order valence-electron chi connectivity index (χ0n) is 29.6. The van der Waals surface area contributed by atoms with Gasteiger partial charge in [0.25, 0.3) is 5.91 Å². The first kappa shape index (κ1) is 44.6. The summed E-state index contributed by atoms with van der Waals surface area (Å²) in [6.07, 6.45) is 5.26. The Morgan fingerprint density at radius 2 is 1.24 bits per heavy atom. The first-order valence-corrected chi connectivity index (χ1v) is 17.3. The number of aliphatic carboxylic acids is 6. The smallest absolute Gasteiger partial charge is 0.328 e. The molecule has 0 saturated carbocycles. The van der Waals surface area contributed by atoms with Crippen LogP contribution >= 0.6 is 11.3 Å². The van der Waals surface area contributed by atoms with Crippen LogP contribution in [0.4, 0.5) is 5.69 Å². The van der Waals surface area contributed by atoms with Crippen LogP contribution in [0.15, 0.2) is 84.3 Å². The SMILES string of the molecule is CN1CCc2ccc(OCCCN3CCN(c4cccc5sccc45)CC3)cc2C1=O.O=C(O)C=CC(=O)O.O=C(O)C=CC(=O)O.O=C(O)C=CC(=O)O. The molecule has 2 aliphatic rings. The molecule has 3 aromatic rings. The molecule has 1 fully saturated rings. The van der Waals surface area contributed by atoms with Crippen LogP contribution in [0.3, 0.4) is 0 Å². The Kier molecular flexibility index (Phi) is 18.8. The van der Waals surface area contributed by atoms with Crippen molar-refractivity contribution in [1.82, 2.24) is 9.80 Å². The number of thiophene rings is 1. The molecule has 1 aromatic heterocycles. The van der Waals surface area contributed by atoms with Crippen LogP contribution in [0.25, 0.3) is 10.1 Å². The summed E-state index contributed by atoms with van der Waals surface area (Å²) in [5.74, 6) is -6.64. The Morgan fingerprint density at radius 1 is 0.709 bits per heavy atom. The average Bonchev–Trinajstić information content (AvgIpc) is 3.63. The van der Waals surface area contributed by atoms with E-state index in [9.17, 15) is 33.6 Å². The molecule has 1 saturated heterocycles. The van der Waals surface area contributed by atoms with Gasteiger partial charge in [-0.25, -0.2) is 28.8 Å². The summed E-state index contributed by atoms with van der Waals surface area (Å²) in [6.45, 7) is 6.81. The third-order valence-electron chi connectivity index (χ3n) is 7.55. The summed E-state index contributed by atoms with van der Waals surface area (Å²) < 4.78 is 7.34. The van der Waals surface area contributed by atoms with Gasteiger partial charge >= 0.3 is 35.8 Å². The highest BCUT2D eigenvalue weighted by Crippen LogP contribution is 2.31. The van der Waals surface area contributed by atoms with E-state index >= 15 is 0 Å². The van der Waals surface area contributed by atoms with Gasteiger partial charge in [-0.2, -0.15) is 0 Å². The van der Waals surface area contributed by atoms with E-state index in [1.165, 1.54) is 15.8 Å². The number of benzene rings is 2. The minimum atomic E-state index is -1.26. The van der Waals surface area contributed by atoms with Gasteiger partial charge in [-0.3, -0.25) is 9.69 Å². The average molecular weight is 784 g/mol. The molecule has 0 radical (unpaired) electrons. The lowest BCUT2D eigenvalue weighted by Crippen LogP contribution is -2.46. The molecule has 6 N–H and O–H groups in total. The zero-order valence-corrected chi connectivity index (χ0v) is 30.5. The van der Waals surface area contributed by atoms with Crippen LogP contribution in [-0.4, -0.2) is 135 Å². The lowest BCUT2D eigenvalue weighted by Gasteiger charge is -2.36. The van der Waals surface area contributed by atoms with Crippen LogP contribution in [0, 0.1) is 0 Å². The molecule has 294 valence electrons. The molecular formula is C37H41N3O14S. The molecule has 0 spiro atoms. The van der Waals surface area contributed by atoms with Crippen molar-refractivity contribution in [3.05, 3.63) is 95.4 Å². The number of rotatable bonds is 12. The summed E-state index contributed by atoms with van der Waals surface area (Å²) in [5, 5.41) is 50.4. The number of hydrogen-bond donors (Lipinski definition) is 6. The van der Waals surface area contributed by atoms with E-state index < -0.39 is 35.8 Å². The van der Waals surface area contributed by atoms with Gasteiger partial charge in [-0.15, -0.1) is 11.3 Å². The number of hydrogen-bond acceptors (Lipinski definition) is 11. The zero-order chi connectivity index (χ0) is 40.9. The molecule has 3 heterocycles. The fourth-order valence-corrected chi connectivity index (χ4v) is 5.84. The van der Waals surface area contributed by atoms with Gasteiger partial charge in [0.15, 0.2) is 0 Å². The summed E-state index contributed by atoms with van der Waals surface area (Å²) in [5.41, 5.74) is 3.30. The van der Waals surface area contributed by atoms with Gasteiger partial charge in [0.2, 0.25) is 0 Å². The van der Waals surface area contributed by atoms with Gasteiger partial charge in [-0.1, -0.05) is 12.1 Å². The van der Waals surface area contributed by atoms with Crippen molar-refractivity contribution in [3.8, 4) is 5.75 Å². The van der Waals surface area contributed by atoms with E-state index in [4.69, 9.17) is 35.4 Å². The van der Waals surface area contributed by atoms with Gasteiger partial charge in [0.1, 0.15) is 5.75 Å². The second kappa shape index (κ2) is 23.2. The van der Waals surface area contributed by atoms with Crippen LogP contribution in [0.5, 0.6) is 5.75 Å². The Hall–Kier alpha value is -6.53. The minimum absolute atomic E-state index is 0.0997. The van der Waals surface area contributed by atoms with Crippen molar-refractivity contribution in [3.63, 3.8) is 0 Å². The molecule has 0 atom stereocenters. The number of amides is 1. The highest BCUT2D eigenvalue weighted by Gasteiger charge is 2.22. The molecule has 2 aromatic carbocycles. The lowest BCUT2D eigenvalue weighted by molar-refractivity contribution is -0.134. The van der Waals surface area contributed by atoms with Gasteiger partial charge in [0.05, 0.1) is 6.61 Å². The largest absolute Gasteiger partial charge is 0.494 e. The number of carbonyl (C=O) groups excluding carboxylic acids is 1. The number of carboxylic acid groups (broad SMARTS) is 6. The number of nitrogens with zero attached hydrogens (tertiary/aromatic N) is 3. The van der Waals surface area contributed by atoms with E-state index in [2.05, 4.69) is 39.4 Å². The van der Waals surface area contributed by atoms with Crippen molar-refractivity contribution in [2.75, 3.05) is 57.8 Å². The summed E-state index contributed by atoms with van der Waals surface area (Å²) >= 11 is 1.81. The van der Waals surface area contributed by atoms with Crippen LogP contribution in [-0.2, 0) is 35.2 Å². The van der Waals surface area contributed by atoms with E-state index in [1.807, 2.05) is 36.6 Å². The first-order chi connectivity index (χ1) is 26.1. The van der Waals surface area contributed by atoms with Crippen LogP contribution in [0.1, 0.15) is 22.3 Å². The molecule has 18 heteroatoms. The molecule has 5 rings (SSSR count). The van der Waals surface area contributed by atoms with Crippen molar-refractivity contribution in [1.29, 1.82) is 0 Å². The quantitative estimate of drug-likeness (QED) is 0.114. The standard InChI is InChI=1S/C25H29N3O2S.3C4H4O4/c1-26-11-8-19-6-7-20(18-22(19)25(26)29)30-16-3-10-27-12-14-28(15-13-27)23-4-2-5-24-21(23)9-17-31-24;3*5-3(6)1-2-4(7)8/h2,4-7,9,17-18H,3,8,10-16H2,1H3;3*1-2H,(H,5,6)(H,7,8). The fourth-order valence-electron chi connectivity index (χ4n) is 5.03. The van der Waals surface area contributed by atoms with Crippen molar-refractivity contribution < 1.29 is 68.9 Å². The van der Waals surface area contributed by atoms with Crippen molar-refractivity contribution in [2.24, 2.45) is 0 Å². The third kappa shape index (κ3) is 17.2. The molecule has 0 unspecified atom stereocenters. The third-order valence-corrected chi connectivity index (χ3v) is 8.44.